The highest BCUT2D eigenvalue weighted by molar-refractivity contribution is 6.03. The lowest BCUT2D eigenvalue weighted by molar-refractivity contribution is -0.118. The molecule has 1 aromatic rings. The first-order valence-corrected chi connectivity index (χ1v) is 4.96. The fourth-order valence-corrected chi connectivity index (χ4v) is 2.17. The van der Waals surface area contributed by atoms with Gasteiger partial charge in [-0.05, 0) is 12.1 Å². The van der Waals surface area contributed by atoms with Crippen LogP contribution in [0.3, 0.4) is 0 Å². The summed E-state index contributed by atoms with van der Waals surface area (Å²) in [5, 5.41) is 0. The van der Waals surface area contributed by atoms with Crippen LogP contribution < -0.4 is 4.74 Å². The number of carbonyl (C=O) groups excluding carboxylic acids is 1. The van der Waals surface area contributed by atoms with E-state index in [1.807, 2.05) is 36.4 Å². The molecule has 0 N–H and O–H groups in total. The van der Waals surface area contributed by atoms with Gasteiger partial charge in [0, 0.05) is 5.56 Å². The zero-order valence-corrected chi connectivity index (χ0v) is 8.14. The number of rotatable bonds is 0. The van der Waals surface area contributed by atoms with E-state index in [-0.39, 0.29) is 5.78 Å². The predicted octanol–water partition coefficient (Wildman–Crippen LogP) is 2.01. The number of allylic oxidation sites excluding steroid dienone is 3. The second-order valence-corrected chi connectivity index (χ2v) is 3.84. The molecule has 1 heterocycles. The molecule has 15 heavy (non-hydrogen) atoms. The lowest BCUT2D eigenvalue weighted by Crippen LogP contribution is -2.35. The number of hydrogen-bond acceptors (Lipinski definition) is 2. The lowest BCUT2D eigenvalue weighted by Gasteiger charge is -2.22. The monoisotopic (exact) mass is 198 g/mol. The van der Waals surface area contributed by atoms with Crippen molar-refractivity contribution in [3.05, 3.63) is 54.1 Å². The van der Waals surface area contributed by atoms with Gasteiger partial charge in [0.05, 0.1) is 0 Å². The third kappa shape index (κ3) is 1.02. The maximum atomic E-state index is 12.0. The molecule has 1 aromatic carbocycles. The van der Waals surface area contributed by atoms with Crippen LogP contribution in [0.4, 0.5) is 0 Å². The van der Waals surface area contributed by atoms with Gasteiger partial charge in [-0.3, -0.25) is 4.79 Å². The number of ether oxygens (including phenoxy) is 1. The summed E-state index contributed by atoms with van der Waals surface area (Å²) in [6, 6.07) is 7.73. The van der Waals surface area contributed by atoms with Crippen LogP contribution in [0.15, 0.2) is 48.6 Å². The van der Waals surface area contributed by atoms with Crippen LogP contribution in [0.25, 0.3) is 0 Å². The van der Waals surface area contributed by atoms with Gasteiger partial charge in [-0.15, -0.1) is 0 Å². The molecule has 1 aliphatic heterocycles. The molecule has 2 nitrogen and oxygen atoms in total. The molecule has 0 amide bonds. The van der Waals surface area contributed by atoms with Crippen LogP contribution in [-0.2, 0) is 10.2 Å². The van der Waals surface area contributed by atoms with E-state index in [9.17, 15) is 4.79 Å². The zero-order valence-electron chi connectivity index (χ0n) is 8.14. The number of ketones is 1. The van der Waals surface area contributed by atoms with E-state index in [1.165, 1.54) is 0 Å². The molecule has 2 heteroatoms. The van der Waals surface area contributed by atoms with Crippen LogP contribution in [-0.4, -0.2) is 12.4 Å². The summed E-state index contributed by atoms with van der Waals surface area (Å²) in [4.78, 5) is 12.0. The molecule has 3 rings (SSSR count). The van der Waals surface area contributed by atoms with Crippen molar-refractivity contribution in [2.75, 3.05) is 6.61 Å². The number of carbonyl (C=O) groups is 1. The summed E-state index contributed by atoms with van der Waals surface area (Å²) in [5.41, 5.74) is 0.418. The van der Waals surface area contributed by atoms with E-state index in [2.05, 4.69) is 0 Å². The smallest absolute Gasteiger partial charge is 0.173 e. The van der Waals surface area contributed by atoms with Gasteiger partial charge in [-0.1, -0.05) is 36.4 Å². The Hall–Kier alpha value is -1.83. The van der Waals surface area contributed by atoms with Crippen molar-refractivity contribution in [1.29, 1.82) is 0 Å². The largest absolute Gasteiger partial charge is 0.492 e. The molecule has 0 bridgehead atoms. The van der Waals surface area contributed by atoms with Crippen molar-refractivity contribution in [3.8, 4) is 5.75 Å². The first kappa shape index (κ1) is 8.48. The second-order valence-electron chi connectivity index (χ2n) is 3.84. The molecule has 0 radical (unpaired) electrons. The molecule has 1 atom stereocenters. The summed E-state index contributed by atoms with van der Waals surface area (Å²) in [6.45, 7) is 0.423. The molecule has 2 aliphatic rings. The average Bonchev–Trinajstić information content (AvgIpc) is 2.64. The minimum Gasteiger partial charge on any atom is -0.492 e. The molecular weight excluding hydrogens is 188 g/mol. The maximum Gasteiger partial charge on any atom is 0.173 e. The van der Waals surface area contributed by atoms with Gasteiger partial charge in [0.2, 0.25) is 0 Å². The fraction of sp³-hybridized carbons (Fsp3) is 0.154. The highest BCUT2D eigenvalue weighted by atomic mass is 16.5. The fourth-order valence-electron chi connectivity index (χ4n) is 2.17. The molecule has 0 saturated carbocycles. The van der Waals surface area contributed by atoms with E-state index in [0.717, 1.165) is 11.3 Å². The normalized spacial score (nSPS) is 26.8. The van der Waals surface area contributed by atoms with Gasteiger partial charge in [-0.25, -0.2) is 0 Å². The predicted molar refractivity (Wildman–Crippen MR) is 56.9 cm³/mol. The Bertz CT molecular complexity index is 485. The Kier molecular flexibility index (Phi) is 1.60. The van der Waals surface area contributed by atoms with Crippen LogP contribution in [0.2, 0.25) is 0 Å². The van der Waals surface area contributed by atoms with Gasteiger partial charge in [-0.2, -0.15) is 0 Å². The van der Waals surface area contributed by atoms with Gasteiger partial charge < -0.3 is 4.74 Å². The van der Waals surface area contributed by atoms with E-state index in [1.54, 1.807) is 12.2 Å². The number of hydrogen-bond donors (Lipinski definition) is 0. The summed E-state index contributed by atoms with van der Waals surface area (Å²) in [7, 11) is 0. The standard InChI is InChI=1S/C13H10O2/c14-12-7-3-4-8-13(12)9-15-11-6-2-1-5-10(11)13/h1-8H,9H2/t13-/m0/s1. The van der Waals surface area contributed by atoms with E-state index < -0.39 is 5.41 Å². The second kappa shape index (κ2) is 2.83. The summed E-state index contributed by atoms with van der Waals surface area (Å²) >= 11 is 0. The highest BCUT2D eigenvalue weighted by Gasteiger charge is 2.44. The van der Waals surface area contributed by atoms with E-state index >= 15 is 0 Å². The maximum absolute atomic E-state index is 12.0. The first-order valence-electron chi connectivity index (χ1n) is 4.96. The van der Waals surface area contributed by atoms with Crippen molar-refractivity contribution < 1.29 is 9.53 Å². The van der Waals surface area contributed by atoms with Crippen molar-refractivity contribution >= 4 is 5.78 Å². The first-order chi connectivity index (χ1) is 7.33. The van der Waals surface area contributed by atoms with Gasteiger partial charge in [0.15, 0.2) is 5.78 Å². The highest BCUT2D eigenvalue weighted by Crippen LogP contribution is 2.41. The van der Waals surface area contributed by atoms with Crippen LogP contribution in [0.5, 0.6) is 5.75 Å². The molecule has 0 unspecified atom stereocenters. The molecule has 0 aromatic heterocycles. The van der Waals surface area contributed by atoms with Crippen molar-refractivity contribution in [2.24, 2.45) is 0 Å². The number of fused-ring (bicyclic) bond motifs is 2. The Morgan fingerprint density at radius 1 is 1.20 bits per heavy atom. The number of para-hydroxylation sites is 1. The number of benzene rings is 1. The zero-order chi connectivity index (χ0) is 10.3. The molecule has 74 valence electrons. The quantitative estimate of drug-likeness (QED) is 0.637. The van der Waals surface area contributed by atoms with E-state index in [0.29, 0.717) is 6.61 Å². The van der Waals surface area contributed by atoms with Crippen LogP contribution in [0, 0.1) is 0 Å². The Balaban J connectivity index is 2.21. The summed E-state index contributed by atoms with van der Waals surface area (Å²) in [5.74, 6) is 0.931. The van der Waals surface area contributed by atoms with Crippen LogP contribution in [0.1, 0.15) is 5.56 Å². The van der Waals surface area contributed by atoms with Gasteiger partial charge in [0.25, 0.3) is 0 Å². The lowest BCUT2D eigenvalue weighted by atomic mass is 9.76. The Morgan fingerprint density at radius 2 is 2.07 bits per heavy atom. The molecular formula is C13H10O2. The molecule has 0 saturated heterocycles. The molecule has 0 fully saturated rings. The summed E-state index contributed by atoms with van der Waals surface area (Å²) in [6.07, 6.45) is 7.23. The molecule has 1 aliphatic carbocycles. The topological polar surface area (TPSA) is 26.3 Å². The van der Waals surface area contributed by atoms with Crippen molar-refractivity contribution in [1.82, 2.24) is 0 Å². The Morgan fingerprint density at radius 3 is 2.93 bits per heavy atom. The minimum absolute atomic E-state index is 0.106. The van der Waals surface area contributed by atoms with Crippen molar-refractivity contribution in [3.63, 3.8) is 0 Å². The average molecular weight is 198 g/mol. The summed E-state index contributed by atoms with van der Waals surface area (Å²) < 4.78 is 5.56. The third-order valence-corrected chi connectivity index (χ3v) is 3.00. The SMILES string of the molecule is O=C1C=CC=C[C@@]12COc1ccccc12. The Labute approximate surface area is 87.9 Å². The minimum atomic E-state index is -0.564. The van der Waals surface area contributed by atoms with Crippen LogP contribution >= 0.6 is 0 Å². The molecule has 1 spiro atoms. The van der Waals surface area contributed by atoms with Gasteiger partial charge in [0.1, 0.15) is 17.8 Å². The van der Waals surface area contributed by atoms with Crippen molar-refractivity contribution in [2.45, 2.75) is 5.41 Å². The van der Waals surface area contributed by atoms with Gasteiger partial charge >= 0.3 is 0 Å². The third-order valence-electron chi connectivity index (χ3n) is 3.00. The van der Waals surface area contributed by atoms with E-state index in [4.69, 9.17) is 4.74 Å².